The highest BCUT2D eigenvalue weighted by atomic mass is 32.1. The molecule has 1 aromatic carbocycles. The molecule has 0 bridgehead atoms. The van der Waals surface area contributed by atoms with Crippen molar-refractivity contribution < 1.29 is 4.92 Å². The molecule has 1 aromatic heterocycles. The minimum absolute atomic E-state index is 0.144. The lowest BCUT2D eigenvalue weighted by Crippen LogP contribution is -1.86. The van der Waals surface area contributed by atoms with E-state index in [4.69, 9.17) is 0 Å². The Balaban J connectivity index is 1.78. The van der Waals surface area contributed by atoms with Gasteiger partial charge in [0.15, 0.2) is 0 Å². The highest BCUT2D eigenvalue weighted by Gasteiger charge is 2.07. The first kappa shape index (κ1) is 18.3. The maximum absolute atomic E-state index is 10.7. The van der Waals surface area contributed by atoms with Crippen LogP contribution in [0.2, 0.25) is 0 Å². The monoisotopic (exact) mass is 344 g/mol. The highest BCUT2D eigenvalue weighted by molar-refractivity contribution is 7.16. The Labute approximate surface area is 147 Å². The largest absolute Gasteiger partial charge is 0.324 e. The molecule has 1 heterocycles. The maximum Gasteiger partial charge on any atom is 0.324 e. The van der Waals surface area contributed by atoms with Crippen LogP contribution in [0.1, 0.15) is 55.9 Å². The number of aryl methyl sites for hydroxylation is 1. The first-order chi connectivity index (χ1) is 11.7. The molecule has 0 aliphatic carbocycles. The molecular weight excluding hydrogens is 320 g/mol. The average molecular weight is 344 g/mol. The van der Waals surface area contributed by atoms with E-state index < -0.39 is 0 Å². The van der Waals surface area contributed by atoms with E-state index in [2.05, 4.69) is 24.0 Å². The number of rotatable bonds is 10. The van der Waals surface area contributed by atoms with E-state index >= 15 is 0 Å². The van der Waals surface area contributed by atoms with Gasteiger partial charge in [-0.15, -0.1) is 0 Å². The summed E-state index contributed by atoms with van der Waals surface area (Å²) in [7, 11) is 0. The molecular formula is C19H24N2O2S. The topological polar surface area (TPSA) is 55.5 Å². The zero-order valence-electron chi connectivity index (χ0n) is 14.1. The average Bonchev–Trinajstić information content (AvgIpc) is 3.06. The van der Waals surface area contributed by atoms with Gasteiger partial charge in [0, 0.05) is 12.3 Å². The van der Waals surface area contributed by atoms with Crippen molar-refractivity contribution in [3.63, 3.8) is 0 Å². The summed E-state index contributed by atoms with van der Waals surface area (Å²) in [6.07, 6.45) is 10.7. The third kappa shape index (κ3) is 6.24. The molecule has 0 saturated carbocycles. The molecule has 0 amide bonds. The molecule has 0 aliphatic rings. The van der Waals surface area contributed by atoms with Crippen LogP contribution in [0.4, 0.5) is 10.7 Å². The fourth-order valence-electron chi connectivity index (χ4n) is 2.51. The molecule has 5 heteroatoms. The molecule has 0 spiro atoms. The summed E-state index contributed by atoms with van der Waals surface area (Å²) in [5.74, 6) is 0. The first-order valence-corrected chi connectivity index (χ1v) is 9.38. The van der Waals surface area contributed by atoms with Gasteiger partial charge in [0.1, 0.15) is 0 Å². The molecule has 24 heavy (non-hydrogen) atoms. The van der Waals surface area contributed by atoms with Crippen molar-refractivity contribution in [1.29, 1.82) is 0 Å². The lowest BCUT2D eigenvalue weighted by molar-refractivity contribution is -0.380. The van der Waals surface area contributed by atoms with Crippen LogP contribution in [0.3, 0.4) is 0 Å². The third-order valence-electron chi connectivity index (χ3n) is 3.89. The van der Waals surface area contributed by atoms with E-state index in [1.165, 1.54) is 50.2 Å². The van der Waals surface area contributed by atoms with Crippen molar-refractivity contribution in [1.82, 2.24) is 0 Å². The summed E-state index contributed by atoms with van der Waals surface area (Å²) < 4.78 is 0. The zero-order valence-corrected chi connectivity index (χ0v) is 14.9. The van der Waals surface area contributed by atoms with Crippen LogP contribution in [0, 0.1) is 10.1 Å². The van der Waals surface area contributed by atoms with Gasteiger partial charge in [-0.25, -0.2) is 0 Å². The van der Waals surface area contributed by atoms with Crippen molar-refractivity contribution in [3.8, 4) is 0 Å². The summed E-state index contributed by atoms with van der Waals surface area (Å²) in [6, 6.07) is 11.5. The Morgan fingerprint density at radius 3 is 2.42 bits per heavy atom. The Bertz CT molecular complexity index is 662. The second-order valence-electron chi connectivity index (χ2n) is 5.88. The van der Waals surface area contributed by atoms with Gasteiger partial charge in [0.2, 0.25) is 0 Å². The molecule has 0 aliphatic heterocycles. The predicted molar refractivity (Wildman–Crippen MR) is 102 cm³/mol. The van der Waals surface area contributed by atoms with E-state index in [9.17, 15) is 10.1 Å². The van der Waals surface area contributed by atoms with Gasteiger partial charge >= 0.3 is 5.00 Å². The van der Waals surface area contributed by atoms with Gasteiger partial charge in [-0.05, 0) is 36.6 Å². The van der Waals surface area contributed by atoms with Gasteiger partial charge in [-0.3, -0.25) is 15.1 Å². The fraction of sp³-hybridized carbons (Fsp3) is 0.421. The van der Waals surface area contributed by atoms with Gasteiger partial charge in [0.05, 0.1) is 15.5 Å². The van der Waals surface area contributed by atoms with Gasteiger partial charge < -0.3 is 0 Å². The second kappa shape index (κ2) is 9.98. The standard InChI is InChI=1S/C19H24N2O2S/c1-2-3-4-5-6-7-8-16-9-11-17(12-10-16)20-15-18-13-14-19(24-18)21(22)23/h9-15H,2-8H2,1H3. The molecule has 2 rings (SSSR count). The number of nitro groups is 1. The van der Waals surface area contributed by atoms with Gasteiger partial charge in [-0.1, -0.05) is 62.5 Å². The molecule has 0 atom stereocenters. The Hall–Kier alpha value is -2.01. The van der Waals surface area contributed by atoms with Crippen LogP contribution in [0.25, 0.3) is 0 Å². The van der Waals surface area contributed by atoms with Crippen molar-refractivity contribution >= 4 is 28.2 Å². The lowest BCUT2D eigenvalue weighted by atomic mass is 10.0. The molecule has 0 radical (unpaired) electrons. The number of hydrogen-bond donors (Lipinski definition) is 0. The number of aliphatic imine (C=N–C) groups is 1. The van der Waals surface area contributed by atoms with Crippen LogP contribution in [-0.4, -0.2) is 11.1 Å². The number of unbranched alkanes of at least 4 members (excludes halogenated alkanes) is 5. The van der Waals surface area contributed by atoms with Crippen LogP contribution in [0.5, 0.6) is 0 Å². The van der Waals surface area contributed by atoms with E-state index in [0.29, 0.717) is 0 Å². The van der Waals surface area contributed by atoms with E-state index in [1.54, 1.807) is 12.3 Å². The number of nitrogens with zero attached hydrogens (tertiary/aromatic N) is 2. The van der Waals surface area contributed by atoms with Crippen LogP contribution >= 0.6 is 11.3 Å². The SMILES string of the molecule is CCCCCCCCc1ccc(N=Cc2ccc([N+](=O)[O-])s2)cc1. The molecule has 0 saturated heterocycles. The number of benzene rings is 1. The smallest absolute Gasteiger partial charge is 0.258 e. The molecule has 0 fully saturated rings. The minimum Gasteiger partial charge on any atom is -0.258 e. The van der Waals surface area contributed by atoms with Gasteiger partial charge in [-0.2, -0.15) is 0 Å². The first-order valence-electron chi connectivity index (χ1n) is 8.56. The molecule has 2 aromatic rings. The number of hydrogen-bond acceptors (Lipinski definition) is 4. The third-order valence-corrected chi connectivity index (χ3v) is 4.86. The quantitative estimate of drug-likeness (QED) is 0.219. The summed E-state index contributed by atoms with van der Waals surface area (Å²) in [6.45, 7) is 2.24. The highest BCUT2D eigenvalue weighted by Crippen LogP contribution is 2.23. The van der Waals surface area contributed by atoms with Gasteiger partial charge in [0.25, 0.3) is 0 Å². The number of thiophene rings is 1. The fourth-order valence-corrected chi connectivity index (χ4v) is 3.20. The van der Waals surface area contributed by atoms with Crippen LogP contribution in [-0.2, 0) is 6.42 Å². The normalized spacial score (nSPS) is 11.2. The molecule has 4 nitrogen and oxygen atoms in total. The summed E-state index contributed by atoms with van der Waals surface area (Å²) in [4.78, 5) is 15.5. The minimum atomic E-state index is -0.376. The molecule has 128 valence electrons. The van der Waals surface area contributed by atoms with E-state index in [0.717, 1.165) is 28.3 Å². The van der Waals surface area contributed by atoms with Crippen LogP contribution in [0.15, 0.2) is 41.4 Å². The van der Waals surface area contributed by atoms with E-state index in [1.807, 2.05) is 12.1 Å². The van der Waals surface area contributed by atoms with Crippen molar-refractivity contribution in [3.05, 3.63) is 57.0 Å². The van der Waals surface area contributed by atoms with E-state index in [-0.39, 0.29) is 9.92 Å². The lowest BCUT2D eigenvalue weighted by Gasteiger charge is -2.02. The summed E-state index contributed by atoms with van der Waals surface area (Å²) in [5.41, 5.74) is 2.22. The predicted octanol–water partition coefficient (Wildman–Crippen LogP) is 6.31. The Morgan fingerprint density at radius 2 is 1.75 bits per heavy atom. The summed E-state index contributed by atoms with van der Waals surface area (Å²) in [5, 5.41) is 10.8. The maximum atomic E-state index is 10.7. The Kier molecular flexibility index (Phi) is 7.62. The zero-order chi connectivity index (χ0) is 17.2. The van der Waals surface area contributed by atoms with Crippen molar-refractivity contribution in [2.24, 2.45) is 4.99 Å². The second-order valence-corrected chi connectivity index (χ2v) is 6.97. The Morgan fingerprint density at radius 1 is 1.04 bits per heavy atom. The summed E-state index contributed by atoms with van der Waals surface area (Å²) >= 11 is 1.13. The van der Waals surface area contributed by atoms with Crippen molar-refractivity contribution in [2.45, 2.75) is 51.9 Å². The molecule has 0 unspecified atom stereocenters. The van der Waals surface area contributed by atoms with Crippen LogP contribution < -0.4 is 0 Å². The molecule has 0 N–H and O–H groups in total. The van der Waals surface area contributed by atoms with Crippen molar-refractivity contribution in [2.75, 3.05) is 0 Å².